The molecule has 41 heavy (non-hydrogen) atoms. The van der Waals surface area contributed by atoms with Crippen LogP contribution in [0.2, 0.25) is 0 Å². The third-order valence-corrected chi connectivity index (χ3v) is 6.65. The van der Waals surface area contributed by atoms with E-state index in [4.69, 9.17) is 20.3 Å². The van der Waals surface area contributed by atoms with E-state index in [0.29, 0.717) is 52.9 Å². The Morgan fingerprint density at radius 3 is 2.32 bits per heavy atom. The monoisotopic (exact) mass is 544 g/mol. The number of nitriles is 1. The van der Waals surface area contributed by atoms with Gasteiger partial charge in [-0.05, 0) is 84.1 Å². The van der Waals surface area contributed by atoms with Gasteiger partial charge >= 0.3 is 5.97 Å². The number of nitrogens with one attached hydrogen (secondary N) is 1. The maximum atomic E-state index is 13.7. The minimum absolute atomic E-state index is 0.0551. The second kappa shape index (κ2) is 12.2. The molecular weight excluding hydrogens is 519 g/mol. The first-order valence-electron chi connectivity index (χ1n) is 13.0. The van der Waals surface area contributed by atoms with Crippen LogP contribution in [0.15, 0.2) is 91.0 Å². The Bertz CT molecular complexity index is 1780. The molecule has 0 atom stereocenters. The topological polar surface area (TPSA) is 116 Å². The molecule has 5 rings (SSSR count). The first-order chi connectivity index (χ1) is 19.9. The lowest BCUT2D eigenvalue weighted by molar-refractivity contribution is -0.136. The highest BCUT2D eigenvalue weighted by Crippen LogP contribution is 2.26. The van der Waals surface area contributed by atoms with Crippen LogP contribution in [0.5, 0.6) is 0 Å². The standard InChI is InChI=1S/C33H25FN4O3/c34-27-12-9-25(10-13-27)32-29(14-8-21-2-1-3-24(16-21)17-31(39)40)37-30-18-26(11-15-28(30)38-32)33(41)36-20-23-6-4-22(19-35)5-7-23/h1-7,9-13,15-16,18H,8,14,17,20H2,(H,36,41)(H,39,40). The van der Waals surface area contributed by atoms with Crippen LogP contribution in [0, 0.1) is 17.1 Å². The third kappa shape index (κ3) is 6.78. The van der Waals surface area contributed by atoms with Gasteiger partial charge in [0, 0.05) is 17.7 Å². The Morgan fingerprint density at radius 1 is 0.829 bits per heavy atom. The van der Waals surface area contributed by atoms with Gasteiger partial charge in [0.15, 0.2) is 0 Å². The van der Waals surface area contributed by atoms with Gasteiger partial charge in [-0.1, -0.05) is 36.4 Å². The molecule has 0 unspecified atom stereocenters. The summed E-state index contributed by atoms with van der Waals surface area (Å²) in [4.78, 5) is 33.8. The van der Waals surface area contributed by atoms with Crippen molar-refractivity contribution in [2.24, 2.45) is 0 Å². The normalized spacial score (nSPS) is 10.7. The van der Waals surface area contributed by atoms with Crippen molar-refractivity contribution in [1.29, 1.82) is 5.26 Å². The largest absolute Gasteiger partial charge is 0.481 e. The van der Waals surface area contributed by atoms with Crippen LogP contribution in [0.25, 0.3) is 22.3 Å². The lowest BCUT2D eigenvalue weighted by Gasteiger charge is -2.12. The summed E-state index contributed by atoms with van der Waals surface area (Å²) < 4.78 is 13.7. The molecule has 1 amide bonds. The quantitative estimate of drug-likeness (QED) is 0.248. The van der Waals surface area contributed by atoms with Crippen molar-refractivity contribution >= 4 is 22.9 Å². The molecule has 0 radical (unpaired) electrons. The maximum Gasteiger partial charge on any atom is 0.307 e. The minimum Gasteiger partial charge on any atom is -0.481 e. The number of aromatic nitrogens is 2. The van der Waals surface area contributed by atoms with Crippen molar-refractivity contribution in [3.63, 3.8) is 0 Å². The van der Waals surface area contributed by atoms with Gasteiger partial charge in [0.1, 0.15) is 5.82 Å². The summed E-state index contributed by atoms with van der Waals surface area (Å²) >= 11 is 0. The molecule has 0 aliphatic heterocycles. The van der Waals surface area contributed by atoms with E-state index in [1.165, 1.54) is 12.1 Å². The molecule has 2 N–H and O–H groups in total. The van der Waals surface area contributed by atoms with E-state index < -0.39 is 5.97 Å². The summed E-state index contributed by atoms with van der Waals surface area (Å²) in [6, 6.07) is 27.7. The van der Waals surface area contributed by atoms with E-state index >= 15 is 0 Å². The average Bonchev–Trinajstić information content (AvgIpc) is 2.98. The van der Waals surface area contributed by atoms with Gasteiger partial charge in [0.2, 0.25) is 0 Å². The van der Waals surface area contributed by atoms with Gasteiger partial charge in [0.05, 0.1) is 40.5 Å². The van der Waals surface area contributed by atoms with Crippen LogP contribution >= 0.6 is 0 Å². The summed E-state index contributed by atoms with van der Waals surface area (Å²) in [7, 11) is 0. The lowest BCUT2D eigenvalue weighted by Crippen LogP contribution is -2.22. The number of carbonyl (C=O) groups excluding carboxylic acids is 1. The number of amides is 1. The summed E-state index contributed by atoms with van der Waals surface area (Å²) in [6.07, 6.45) is 1.04. The second-order valence-corrected chi connectivity index (χ2v) is 9.61. The van der Waals surface area contributed by atoms with Crippen LogP contribution in [0.3, 0.4) is 0 Å². The molecule has 0 bridgehead atoms. The molecule has 5 aromatic rings. The maximum absolute atomic E-state index is 13.7. The molecule has 0 aliphatic carbocycles. The van der Waals surface area contributed by atoms with Crippen molar-refractivity contribution in [3.8, 4) is 17.3 Å². The van der Waals surface area contributed by atoms with Crippen LogP contribution in [0.1, 0.15) is 38.3 Å². The van der Waals surface area contributed by atoms with Crippen LogP contribution < -0.4 is 5.32 Å². The SMILES string of the molecule is N#Cc1ccc(CNC(=O)c2ccc3nc(-c4ccc(F)cc4)c(CCc4cccc(CC(=O)O)c4)nc3c2)cc1. The van der Waals surface area contributed by atoms with Gasteiger partial charge in [0.25, 0.3) is 5.91 Å². The number of aliphatic carboxylic acids is 1. The zero-order valence-electron chi connectivity index (χ0n) is 22.0. The van der Waals surface area contributed by atoms with Crippen molar-refractivity contribution in [3.05, 3.63) is 130 Å². The number of carboxylic acids is 1. The van der Waals surface area contributed by atoms with Crippen LogP contribution in [-0.2, 0) is 30.6 Å². The Kier molecular flexibility index (Phi) is 8.07. The van der Waals surface area contributed by atoms with E-state index in [-0.39, 0.29) is 18.1 Å². The minimum atomic E-state index is -0.891. The average molecular weight is 545 g/mol. The summed E-state index contributed by atoms with van der Waals surface area (Å²) in [6.45, 7) is 0.309. The van der Waals surface area contributed by atoms with Crippen molar-refractivity contribution in [2.45, 2.75) is 25.8 Å². The number of benzene rings is 4. The molecule has 7 nitrogen and oxygen atoms in total. The predicted octanol–water partition coefficient (Wildman–Crippen LogP) is 5.65. The highest BCUT2D eigenvalue weighted by Gasteiger charge is 2.14. The Morgan fingerprint density at radius 2 is 1.59 bits per heavy atom. The molecule has 0 saturated heterocycles. The number of hydrogen-bond donors (Lipinski definition) is 2. The summed E-state index contributed by atoms with van der Waals surface area (Å²) in [5, 5.41) is 21.0. The Labute approximate surface area is 236 Å². The number of halogens is 1. The smallest absolute Gasteiger partial charge is 0.307 e. The third-order valence-electron chi connectivity index (χ3n) is 6.65. The van der Waals surface area contributed by atoms with Crippen molar-refractivity contribution in [1.82, 2.24) is 15.3 Å². The van der Waals surface area contributed by atoms with Gasteiger partial charge < -0.3 is 10.4 Å². The molecule has 0 saturated carbocycles. The fraction of sp³-hybridized carbons (Fsp3) is 0.121. The van der Waals surface area contributed by atoms with Crippen molar-refractivity contribution in [2.75, 3.05) is 0 Å². The number of hydrogen-bond acceptors (Lipinski definition) is 5. The molecular formula is C33H25FN4O3. The fourth-order valence-corrected chi connectivity index (χ4v) is 4.56. The molecule has 0 fully saturated rings. The number of aryl methyl sites for hydroxylation is 2. The fourth-order valence-electron chi connectivity index (χ4n) is 4.56. The van der Waals surface area contributed by atoms with Crippen molar-refractivity contribution < 1.29 is 19.1 Å². The molecule has 8 heteroatoms. The van der Waals surface area contributed by atoms with E-state index in [1.807, 2.05) is 18.2 Å². The zero-order chi connectivity index (χ0) is 28.8. The Balaban J connectivity index is 1.42. The van der Waals surface area contributed by atoms with Gasteiger partial charge in [-0.2, -0.15) is 5.26 Å². The van der Waals surface area contributed by atoms with Gasteiger partial charge in [-0.25, -0.2) is 14.4 Å². The van der Waals surface area contributed by atoms with Crippen LogP contribution in [-0.4, -0.2) is 27.0 Å². The van der Waals surface area contributed by atoms with Gasteiger partial charge in [-0.3, -0.25) is 9.59 Å². The first kappa shape index (κ1) is 27.2. The lowest BCUT2D eigenvalue weighted by atomic mass is 10.0. The number of rotatable bonds is 9. The summed E-state index contributed by atoms with van der Waals surface area (Å²) in [5.41, 5.74) is 6.72. The molecule has 1 aromatic heterocycles. The van der Waals surface area contributed by atoms with E-state index in [1.54, 1.807) is 60.7 Å². The molecule has 4 aromatic carbocycles. The van der Waals surface area contributed by atoms with Gasteiger partial charge in [-0.15, -0.1) is 0 Å². The number of carbonyl (C=O) groups is 2. The van der Waals surface area contributed by atoms with E-state index in [9.17, 15) is 14.0 Å². The predicted molar refractivity (Wildman–Crippen MR) is 152 cm³/mol. The summed E-state index contributed by atoms with van der Waals surface area (Å²) in [5.74, 6) is -1.51. The van der Waals surface area contributed by atoms with E-state index in [0.717, 1.165) is 22.3 Å². The molecule has 0 aliphatic rings. The van der Waals surface area contributed by atoms with E-state index in [2.05, 4.69) is 11.4 Å². The molecule has 0 spiro atoms. The number of carboxylic acid groups (broad SMARTS) is 1. The zero-order valence-corrected chi connectivity index (χ0v) is 22.0. The Hall–Kier alpha value is -5.42. The molecule has 1 heterocycles. The van der Waals surface area contributed by atoms with Crippen LogP contribution in [0.4, 0.5) is 4.39 Å². The number of nitrogens with zero attached hydrogens (tertiary/aromatic N) is 3. The first-order valence-corrected chi connectivity index (χ1v) is 13.0. The number of fused-ring (bicyclic) bond motifs is 1. The second-order valence-electron chi connectivity index (χ2n) is 9.61. The molecule has 202 valence electrons. The highest BCUT2D eigenvalue weighted by atomic mass is 19.1. The highest BCUT2D eigenvalue weighted by molar-refractivity contribution is 5.97.